The van der Waals surface area contributed by atoms with Crippen LogP contribution in [-0.2, 0) is 23.9 Å². The molecule has 8 aliphatic rings. The van der Waals surface area contributed by atoms with Gasteiger partial charge in [0.25, 0.3) is 0 Å². The minimum absolute atomic E-state index is 0.0183. The van der Waals surface area contributed by atoms with Gasteiger partial charge < -0.3 is 14.6 Å². The number of carbonyl (C=O) groups excluding carboxylic acids is 2. The fourth-order valence-electron chi connectivity index (χ4n) is 19.4. The fourth-order valence-corrected chi connectivity index (χ4v) is 19.4. The predicted octanol–water partition coefficient (Wildman–Crippen LogP) is 14.7. The summed E-state index contributed by atoms with van der Waals surface area (Å²) in [6.07, 6.45) is 35.0. The van der Waals surface area contributed by atoms with Gasteiger partial charge in [-0.2, -0.15) is 0 Å². The molecule has 8 fully saturated rings. The Balaban J connectivity index is 0.682. The quantitative estimate of drug-likeness (QED) is 0.109. The Morgan fingerprint density at radius 3 is 1.44 bits per heavy atom. The lowest BCUT2D eigenvalue weighted by molar-refractivity contribution is -0.153. The topological polar surface area (TPSA) is 89.9 Å². The zero-order valence-electron chi connectivity index (χ0n) is 41.4. The fraction of sp³-hybridized carbons (Fsp3) is 0.947. The number of carboxylic acid groups (broad SMARTS) is 1. The van der Waals surface area contributed by atoms with E-state index in [2.05, 4.69) is 41.5 Å². The van der Waals surface area contributed by atoms with Crippen molar-refractivity contribution in [3.05, 3.63) is 0 Å². The summed E-state index contributed by atoms with van der Waals surface area (Å²) in [4.78, 5) is 37.5. The van der Waals surface area contributed by atoms with Gasteiger partial charge in [-0.05, 0) is 228 Å². The van der Waals surface area contributed by atoms with Crippen LogP contribution in [0.25, 0.3) is 0 Å². The molecular formula is C57H94O6. The number of esters is 2. The molecular weight excluding hydrogens is 781 g/mol. The van der Waals surface area contributed by atoms with Gasteiger partial charge in [-0.25, -0.2) is 0 Å². The lowest BCUT2D eigenvalue weighted by Gasteiger charge is -2.61. The van der Waals surface area contributed by atoms with Crippen LogP contribution in [0.1, 0.15) is 228 Å². The van der Waals surface area contributed by atoms with Gasteiger partial charge in [-0.3, -0.25) is 14.4 Å². The number of unbranched alkanes of at least 4 members (excludes halogenated alkanes) is 2. The summed E-state index contributed by atoms with van der Waals surface area (Å²) < 4.78 is 11.1. The first-order chi connectivity index (χ1) is 30.2. The monoisotopic (exact) mass is 875 g/mol. The van der Waals surface area contributed by atoms with E-state index < -0.39 is 17.9 Å². The molecule has 6 heteroatoms. The van der Waals surface area contributed by atoms with Gasteiger partial charge in [0.15, 0.2) is 0 Å². The van der Waals surface area contributed by atoms with Crippen molar-refractivity contribution in [2.75, 3.05) is 13.2 Å². The molecule has 0 amide bonds. The van der Waals surface area contributed by atoms with E-state index in [9.17, 15) is 19.5 Å². The van der Waals surface area contributed by atoms with Crippen LogP contribution in [0, 0.1) is 98.6 Å². The van der Waals surface area contributed by atoms with Crippen molar-refractivity contribution >= 4 is 17.9 Å². The van der Waals surface area contributed by atoms with E-state index in [4.69, 9.17) is 9.47 Å². The highest BCUT2D eigenvalue weighted by Crippen LogP contribution is 2.70. The summed E-state index contributed by atoms with van der Waals surface area (Å²) in [5.74, 6) is 7.74. The molecule has 0 aromatic carbocycles. The van der Waals surface area contributed by atoms with Gasteiger partial charge in [0, 0.05) is 6.42 Å². The van der Waals surface area contributed by atoms with Crippen LogP contribution >= 0.6 is 0 Å². The summed E-state index contributed by atoms with van der Waals surface area (Å²) in [6.45, 7) is 16.4. The van der Waals surface area contributed by atoms with Gasteiger partial charge in [-0.1, -0.05) is 80.1 Å². The molecule has 9 unspecified atom stereocenters. The molecule has 0 aromatic heterocycles. The van der Waals surface area contributed by atoms with Crippen molar-refractivity contribution in [2.24, 2.45) is 98.6 Å². The molecule has 0 radical (unpaired) electrons. The van der Waals surface area contributed by atoms with Crippen molar-refractivity contribution in [3.8, 4) is 0 Å². The number of fused-ring (bicyclic) bond motifs is 10. The van der Waals surface area contributed by atoms with E-state index in [0.29, 0.717) is 46.7 Å². The molecule has 8 rings (SSSR count). The molecule has 0 aliphatic heterocycles. The van der Waals surface area contributed by atoms with Gasteiger partial charge in [0.1, 0.15) is 0 Å². The third-order valence-corrected chi connectivity index (χ3v) is 22.8. The molecule has 0 saturated heterocycles. The average Bonchev–Trinajstić information content (AvgIpc) is 3.81. The molecule has 17 atom stereocenters. The van der Waals surface area contributed by atoms with E-state index in [1.165, 1.54) is 135 Å². The van der Waals surface area contributed by atoms with Crippen LogP contribution in [0.15, 0.2) is 0 Å². The van der Waals surface area contributed by atoms with Crippen LogP contribution in [-0.4, -0.2) is 36.2 Å². The van der Waals surface area contributed by atoms with Crippen molar-refractivity contribution in [2.45, 2.75) is 228 Å². The highest BCUT2D eigenvalue weighted by molar-refractivity contribution is 5.79. The molecule has 63 heavy (non-hydrogen) atoms. The summed E-state index contributed by atoms with van der Waals surface area (Å²) in [5.41, 5.74) is 2.17. The zero-order chi connectivity index (χ0) is 44.6. The molecule has 0 spiro atoms. The van der Waals surface area contributed by atoms with Crippen molar-refractivity contribution in [1.82, 2.24) is 0 Å². The number of rotatable bonds is 18. The van der Waals surface area contributed by atoms with Gasteiger partial charge in [0.2, 0.25) is 0 Å². The van der Waals surface area contributed by atoms with E-state index in [-0.39, 0.29) is 25.2 Å². The summed E-state index contributed by atoms with van der Waals surface area (Å²) in [6, 6.07) is 0. The van der Waals surface area contributed by atoms with Crippen molar-refractivity contribution < 1.29 is 29.0 Å². The first-order valence-corrected chi connectivity index (χ1v) is 27.7. The van der Waals surface area contributed by atoms with Gasteiger partial charge in [-0.15, -0.1) is 0 Å². The first-order valence-electron chi connectivity index (χ1n) is 27.7. The third kappa shape index (κ3) is 9.48. The highest BCUT2D eigenvalue weighted by Gasteiger charge is 2.61. The average molecular weight is 875 g/mol. The first kappa shape index (κ1) is 47.9. The van der Waals surface area contributed by atoms with Gasteiger partial charge >= 0.3 is 17.9 Å². The Morgan fingerprint density at radius 1 is 0.508 bits per heavy atom. The molecule has 8 saturated carbocycles. The second-order valence-electron chi connectivity index (χ2n) is 25.4. The molecule has 6 nitrogen and oxygen atoms in total. The van der Waals surface area contributed by atoms with E-state index in [1.807, 2.05) is 0 Å². The molecule has 0 aromatic rings. The minimum Gasteiger partial charge on any atom is -0.481 e. The molecule has 0 bridgehead atoms. The number of carboxylic acids is 1. The second kappa shape index (κ2) is 19.9. The Hall–Kier alpha value is -1.59. The Morgan fingerprint density at radius 2 is 0.968 bits per heavy atom. The molecule has 0 heterocycles. The van der Waals surface area contributed by atoms with Crippen molar-refractivity contribution in [3.63, 3.8) is 0 Å². The Bertz CT molecular complexity index is 1570. The number of hydrogen-bond acceptors (Lipinski definition) is 5. The number of carbonyl (C=O) groups is 3. The van der Waals surface area contributed by atoms with E-state index in [1.54, 1.807) is 0 Å². The highest BCUT2D eigenvalue weighted by atomic mass is 16.5. The summed E-state index contributed by atoms with van der Waals surface area (Å²) in [7, 11) is 0. The smallest absolute Gasteiger partial charge is 0.307 e. The minimum atomic E-state index is -1.05. The largest absolute Gasteiger partial charge is 0.481 e. The maximum Gasteiger partial charge on any atom is 0.307 e. The van der Waals surface area contributed by atoms with Crippen molar-refractivity contribution in [1.29, 1.82) is 0 Å². The standard InChI is InChI=1S/C57H94O6/c1-38(45-24-26-47-43-22-20-41-17-7-11-31-54(41,3)49(43)29-33-56(45,47)5)15-9-13-35-62-51(58)28-19-40(53(60)61)37-52(59)63-36-14-10-16-39(2)46-25-27-48-44-23-21-42-18-8-12-32-55(42,4)50(44)30-34-57(46,48)6/h38-50H,7-37H2,1-6H3,(H,60,61)/t38-,39-,40?,41?,42?,43?,44?,45-,46-,47?,48?,49?,50?,54+,55+,56-,57-/m1/s1. The Kier molecular flexibility index (Phi) is 15.2. The molecule has 1 N–H and O–H groups in total. The normalized spacial score (nSPS) is 43.1. The predicted molar refractivity (Wildman–Crippen MR) is 253 cm³/mol. The second-order valence-corrected chi connectivity index (χ2v) is 25.4. The molecule has 8 aliphatic carbocycles. The number of aliphatic carboxylic acids is 1. The zero-order valence-corrected chi connectivity index (χ0v) is 41.4. The third-order valence-electron chi connectivity index (χ3n) is 22.8. The van der Waals surface area contributed by atoms with Crippen LogP contribution in [0.2, 0.25) is 0 Å². The van der Waals surface area contributed by atoms with E-state index >= 15 is 0 Å². The lowest BCUT2D eigenvalue weighted by atomic mass is 9.44. The number of ether oxygens (including phenoxy) is 2. The van der Waals surface area contributed by atoms with Crippen LogP contribution in [0.5, 0.6) is 0 Å². The summed E-state index contributed by atoms with van der Waals surface area (Å²) >= 11 is 0. The maximum absolute atomic E-state index is 12.8. The van der Waals surface area contributed by atoms with Crippen LogP contribution < -0.4 is 0 Å². The van der Waals surface area contributed by atoms with Gasteiger partial charge in [0.05, 0.1) is 25.6 Å². The number of hydrogen-bond donors (Lipinski definition) is 1. The van der Waals surface area contributed by atoms with Crippen LogP contribution in [0.3, 0.4) is 0 Å². The maximum atomic E-state index is 12.8. The summed E-state index contributed by atoms with van der Waals surface area (Å²) in [5, 5.41) is 9.87. The van der Waals surface area contributed by atoms with Crippen LogP contribution in [0.4, 0.5) is 0 Å². The SMILES string of the molecule is C[C@H](CCCCOC(=O)CCC(CC(=O)OCCCC[C@@H](C)[C@H]1CCC2C3CCC4CCCC[C@]4(C)C3CC[C@@]21C)C(=O)O)[C@H]1CCC2C3CCC4CCCC[C@]4(C)C3CC[C@@]21C. The Labute approximate surface area is 385 Å². The molecule has 358 valence electrons. The van der Waals surface area contributed by atoms with E-state index in [0.717, 1.165) is 91.3 Å². The lowest BCUT2D eigenvalue weighted by Crippen LogP contribution is -2.53.